The highest BCUT2D eigenvalue weighted by Crippen LogP contribution is 2.38. The minimum Gasteiger partial charge on any atom is -0.462 e. The van der Waals surface area contributed by atoms with Crippen molar-refractivity contribution in [1.29, 1.82) is 0 Å². The summed E-state index contributed by atoms with van der Waals surface area (Å²) in [5, 5.41) is 0. The topological polar surface area (TPSA) is 42.4 Å². The molecule has 1 aliphatic heterocycles. The summed E-state index contributed by atoms with van der Waals surface area (Å²) in [7, 11) is 2.08. The maximum absolute atomic E-state index is 11.8. The van der Waals surface area contributed by atoms with E-state index in [1.165, 1.54) is 11.3 Å². The predicted octanol–water partition coefficient (Wildman–Crippen LogP) is 2.99. The molecule has 0 radical (unpaired) electrons. The standard InChI is InChI=1S/C17H18N2O2/c1-3-21-17(20)14-8-13(10-18-11-14)16-9-12-6-4-5-7-15(12)19(16)2/h4-8,10-11,16H,3,9H2,1-2H3. The highest BCUT2D eigenvalue weighted by atomic mass is 16.5. The Balaban J connectivity index is 1.89. The maximum atomic E-state index is 11.8. The fourth-order valence-corrected chi connectivity index (χ4v) is 2.85. The van der Waals surface area contributed by atoms with Crippen LogP contribution < -0.4 is 4.90 Å². The summed E-state index contributed by atoms with van der Waals surface area (Å²) in [6, 6.07) is 10.5. The van der Waals surface area contributed by atoms with Gasteiger partial charge < -0.3 is 9.64 Å². The lowest BCUT2D eigenvalue weighted by molar-refractivity contribution is 0.0525. The quantitative estimate of drug-likeness (QED) is 0.812. The number of ether oxygens (including phenoxy) is 1. The lowest BCUT2D eigenvalue weighted by Gasteiger charge is -2.23. The zero-order valence-corrected chi connectivity index (χ0v) is 12.2. The third-order valence-electron chi connectivity index (χ3n) is 3.91. The number of pyridine rings is 1. The number of hydrogen-bond donors (Lipinski definition) is 0. The smallest absolute Gasteiger partial charge is 0.339 e. The molecule has 0 aliphatic carbocycles. The Hall–Kier alpha value is -2.36. The van der Waals surface area contributed by atoms with Gasteiger partial charge >= 0.3 is 5.97 Å². The fraction of sp³-hybridized carbons (Fsp3) is 0.294. The van der Waals surface area contributed by atoms with Crippen LogP contribution in [0.2, 0.25) is 0 Å². The Morgan fingerprint density at radius 1 is 1.38 bits per heavy atom. The number of carbonyl (C=O) groups excluding carboxylic acids is 1. The van der Waals surface area contributed by atoms with Crippen molar-refractivity contribution in [2.75, 3.05) is 18.6 Å². The first-order valence-corrected chi connectivity index (χ1v) is 7.13. The van der Waals surface area contributed by atoms with Crippen LogP contribution in [0.5, 0.6) is 0 Å². The van der Waals surface area contributed by atoms with Crippen LogP contribution in [-0.2, 0) is 11.2 Å². The third kappa shape index (κ3) is 2.49. The minimum atomic E-state index is -0.315. The highest BCUT2D eigenvalue weighted by molar-refractivity contribution is 5.89. The predicted molar refractivity (Wildman–Crippen MR) is 81.5 cm³/mol. The number of anilines is 1. The summed E-state index contributed by atoms with van der Waals surface area (Å²) in [4.78, 5) is 18.3. The van der Waals surface area contributed by atoms with Crippen LogP contribution in [0.15, 0.2) is 42.7 Å². The fourth-order valence-electron chi connectivity index (χ4n) is 2.85. The average Bonchev–Trinajstić information content (AvgIpc) is 2.85. The van der Waals surface area contributed by atoms with Gasteiger partial charge in [0.05, 0.1) is 18.2 Å². The summed E-state index contributed by atoms with van der Waals surface area (Å²) >= 11 is 0. The SMILES string of the molecule is CCOC(=O)c1cncc(C2Cc3ccccc3N2C)c1. The molecule has 1 aromatic heterocycles. The molecule has 108 valence electrons. The lowest BCUT2D eigenvalue weighted by Crippen LogP contribution is -2.20. The lowest BCUT2D eigenvalue weighted by atomic mass is 10.0. The molecule has 0 amide bonds. The Bertz CT molecular complexity index is 669. The van der Waals surface area contributed by atoms with Crippen molar-refractivity contribution in [3.05, 3.63) is 59.4 Å². The summed E-state index contributed by atoms with van der Waals surface area (Å²) < 4.78 is 5.04. The Morgan fingerprint density at radius 3 is 2.95 bits per heavy atom. The molecule has 1 aromatic carbocycles. The Labute approximate surface area is 124 Å². The molecule has 0 saturated carbocycles. The number of esters is 1. The van der Waals surface area contributed by atoms with E-state index in [9.17, 15) is 4.79 Å². The molecule has 1 aliphatic rings. The minimum absolute atomic E-state index is 0.212. The van der Waals surface area contributed by atoms with Gasteiger partial charge in [0.2, 0.25) is 0 Å². The highest BCUT2D eigenvalue weighted by Gasteiger charge is 2.28. The number of likely N-dealkylation sites (N-methyl/N-ethyl adjacent to an activating group) is 1. The number of para-hydroxylation sites is 1. The van der Waals surface area contributed by atoms with Crippen molar-refractivity contribution in [2.24, 2.45) is 0 Å². The van der Waals surface area contributed by atoms with Crippen LogP contribution in [0, 0.1) is 0 Å². The van der Waals surface area contributed by atoms with E-state index in [0.717, 1.165) is 12.0 Å². The number of fused-ring (bicyclic) bond motifs is 1. The first-order valence-electron chi connectivity index (χ1n) is 7.13. The number of aromatic nitrogens is 1. The van der Waals surface area contributed by atoms with Gasteiger partial charge in [0, 0.05) is 25.1 Å². The molecule has 1 atom stereocenters. The van der Waals surface area contributed by atoms with Crippen molar-refractivity contribution in [3.63, 3.8) is 0 Å². The average molecular weight is 282 g/mol. The van der Waals surface area contributed by atoms with Crippen molar-refractivity contribution in [2.45, 2.75) is 19.4 Å². The maximum Gasteiger partial charge on any atom is 0.339 e. The number of rotatable bonds is 3. The summed E-state index contributed by atoms with van der Waals surface area (Å²) in [5.41, 5.74) is 4.12. The van der Waals surface area contributed by atoms with Gasteiger partial charge in [-0.3, -0.25) is 4.98 Å². The Kier molecular flexibility index (Phi) is 3.60. The molecule has 21 heavy (non-hydrogen) atoms. The van der Waals surface area contributed by atoms with Crippen molar-refractivity contribution in [1.82, 2.24) is 4.98 Å². The molecule has 0 saturated heterocycles. The van der Waals surface area contributed by atoms with Crippen LogP contribution in [0.4, 0.5) is 5.69 Å². The van der Waals surface area contributed by atoms with Crippen LogP contribution >= 0.6 is 0 Å². The van der Waals surface area contributed by atoms with E-state index >= 15 is 0 Å². The second-order valence-corrected chi connectivity index (χ2v) is 5.19. The molecular weight excluding hydrogens is 264 g/mol. The van der Waals surface area contributed by atoms with Gasteiger partial charge in [-0.25, -0.2) is 4.79 Å². The normalized spacial score (nSPS) is 16.7. The van der Waals surface area contributed by atoms with Gasteiger partial charge in [0.25, 0.3) is 0 Å². The first kappa shape index (κ1) is 13.6. The van der Waals surface area contributed by atoms with Gasteiger partial charge in [-0.2, -0.15) is 0 Å². The molecule has 0 bridgehead atoms. The van der Waals surface area contributed by atoms with E-state index in [-0.39, 0.29) is 12.0 Å². The van der Waals surface area contributed by atoms with E-state index < -0.39 is 0 Å². The molecule has 4 nitrogen and oxygen atoms in total. The van der Waals surface area contributed by atoms with Crippen molar-refractivity contribution < 1.29 is 9.53 Å². The van der Waals surface area contributed by atoms with E-state index in [1.807, 2.05) is 18.3 Å². The second-order valence-electron chi connectivity index (χ2n) is 5.19. The summed E-state index contributed by atoms with van der Waals surface area (Å²) in [6.07, 6.45) is 4.32. The van der Waals surface area contributed by atoms with E-state index in [4.69, 9.17) is 4.74 Å². The third-order valence-corrected chi connectivity index (χ3v) is 3.91. The number of benzene rings is 1. The van der Waals surface area contributed by atoms with Crippen molar-refractivity contribution in [3.8, 4) is 0 Å². The molecule has 1 unspecified atom stereocenters. The monoisotopic (exact) mass is 282 g/mol. The summed E-state index contributed by atoms with van der Waals surface area (Å²) in [6.45, 7) is 2.18. The van der Waals surface area contributed by atoms with Gasteiger partial charge in [-0.05, 0) is 36.6 Å². The zero-order valence-electron chi connectivity index (χ0n) is 12.2. The molecule has 0 spiro atoms. The van der Waals surface area contributed by atoms with Gasteiger partial charge in [0.1, 0.15) is 0 Å². The van der Waals surface area contributed by atoms with Gasteiger partial charge in [-0.15, -0.1) is 0 Å². The van der Waals surface area contributed by atoms with Crippen LogP contribution in [0.25, 0.3) is 0 Å². The molecule has 0 fully saturated rings. The van der Waals surface area contributed by atoms with Crippen LogP contribution in [-0.4, -0.2) is 24.6 Å². The molecule has 3 rings (SSSR count). The largest absolute Gasteiger partial charge is 0.462 e. The zero-order chi connectivity index (χ0) is 14.8. The number of nitrogens with zero attached hydrogens (tertiary/aromatic N) is 2. The molecular formula is C17H18N2O2. The van der Waals surface area contributed by atoms with Crippen molar-refractivity contribution >= 4 is 11.7 Å². The first-order chi connectivity index (χ1) is 10.2. The number of carbonyl (C=O) groups is 1. The molecule has 0 N–H and O–H groups in total. The van der Waals surface area contributed by atoms with E-state index in [1.54, 1.807) is 13.1 Å². The van der Waals surface area contributed by atoms with Crippen LogP contribution in [0.3, 0.4) is 0 Å². The van der Waals surface area contributed by atoms with Gasteiger partial charge in [0.15, 0.2) is 0 Å². The second kappa shape index (κ2) is 5.56. The van der Waals surface area contributed by atoms with Crippen LogP contribution in [0.1, 0.15) is 34.5 Å². The Morgan fingerprint density at radius 2 is 2.19 bits per heavy atom. The van der Waals surface area contributed by atoms with E-state index in [2.05, 4.69) is 35.1 Å². The molecule has 2 heterocycles. The van der Waals surface area contributed by atoms with Gasteiger partial charge in [-0.1, -0.05) is 18.2 Å². The molecule has 2 aromatic rings. The summed E-state index contributed by atoms with van der Waals surface area (Å²) in [5.74, 6) is -0.315. The molecule has 4 heteroatoms. The number of hydrogen-bond acceptors (Lipinski definition) is 4. The van der Waals surface area contributed by atoms with E-state index in [0.29, 0.717) is 12.2 Å².